The Labute approximate surface area is 148 Å². The average molecular weight is 337 g/mol. The first-order valence-corrected chi connectivity index (χ1v) is 8.06. The fourth-order valence-electron chi connectivity index (χ4n) is 2.45. The second-order valence-corrected chi connectivity index (χ2v) is 6.98. The molecule has 0 aliphatic rings. The standard InChI is InChI=1S/C20H23N3O2/c1-14-5-7-16(8-6-14)19(22-20(2,3)4)18(13-21)15-9-11-17(12-10-15)23(24)25/h5-13,21-22H,1-4H3/b19-18+,21-13?. The normalized spacial score (nSPS) is 12.3. The molecular weight excluding hydrogens is 314 g/mol. The van der Waals surface area contributed by atoms with Crippen molar-refractivity contribution in [2.24, 2.45) is 0 Å². The minimum atomic E-state index is -0.425. The lowest BCUT2D eigenvalue weighted by molar-refractivity contribution is -0.384. The van der Waals surface area contributed by atoms with E-state index in [1.807, 2.05) is 31.2 Å². The molecule has 2 N–H and O–H groups in total. The number of allylic oxidation sites excluding steroid dienone is 1. The molecule has 0 saturated heterocycles. The van der Waals surface area contributed by atoms with E-state index in [1.54, 1.807) is 12.1 Å². The lowest BCUT2D eigenvalue weighted by Crippen LogP contribution is -2.35. The highest BCUT2D eigenvalue weighted by molar-refractivity contribution is 6.18. The third kappa shape index (κ3) is 4.76. The maximum absolute atomic E-state index is 10.9. The fraction of sp³-hybridized carbons (Fsp3) is 0.250. The number of non-ortho nitro benzene ring substituents is 1. The minimum Gasteiger partial charge on any atom is -0.379 e. The lowest BCUT2D eigenvalue weighted by atomic mass is 9.97. The molecule has 2 aromatic carbocycles. The molecule has 130 valence electrons. The highest BCUT2D eigenvalue weighted by atomic mass is 16.6. The van der Waals surface area contributed by atoms with E-state index in [9.17, 15) is 10.1 Å². The molecule has 5 nitrogen and oxygen atoms in total. The highest BCUT2D eigenvalue weighted by Gasteiger charge is 2.17. The predicted octanol–water partition coefficient (Wildman–Crippen LogP) is 4.81. The molecule has 0 radical (unpaired) electrons. The molecule has 0 aromatic heterocycles. The number of nitrogens with zero attached hydrogens (tertiary/aromatic N) is 1. The van der Waals surface area contributed by atoms with E-state index in [2.05, 4.69) is 26.1 Å². The van der Waals surface area contributed by atoms with Gasteiger partial charge in [-0.05, 0) is 51.0 Å². The smallest absolute Gasteiger partial charge is 0.269 e. The van der Waals surface area contributed by atoms with E-state index in [-0.39, 0.29) is 11.2 Å². The van der Waals surface area contributed by atoms with Gasteiger partial charge in [-0.15, -0.1) is 0 Å². The van der Waals surface area contributed by atoms with E-state index >= 15 is 0 Å². The van der Waals surface area contributed by atoms with Crippen molar-refractivity contribution < 1.29 is 4.92 Å². The van der Waals surface area contributed by atoms with Gasteiger partial charge >= 0.3 is 0 Å². The molecular formula is C20H23N3O2. The molecule has 0 heterocycles. The summed E-state index contributed by atoms with van der Waals surface area (Å²) in [5, 5.41) is 22.2. The third-order valence-corrected chi connectivity index (χ3v) is 3.64. The van der Waals surface area contributed by atoms with Gasteiger partial charge in [-0.25, -0.2) is 0 Å². The molecule has 0 aliphatic heterocycles. The van der Waals surface area contributed by atoms with Gasteiger partial charge in [-0.2, -0.15) is 0 Å². The van der Waals surface area contributed by atoms with Gasteiger partial charge in [0.25, 0.3) is 5.69 Å². The van der Waals surface area contributed by atoms with Crippen LogP contribution in [0.4, 0.5) is 5.69 Å². The Morgan fingerprint density at radius 3 is 2.00 bits per heavy atom. The minimum absolute atomic E-state index is 0.0359. The van der Waals surface area contributed by atoms with E-state index < -0.39 is 4.92 Å². The van der Waals surface area contributed by atoms with Gasteiger partial charge in [0, 0.05) is 29.5 Å². The van der Waals surface area contributed by atoms with Crippen LogP contribution in [0.25, 0.3) is 11.3 Å². The molecule has 0 atom stereocenters. The topological polar surface area (TPSA) is 79.0 Å². The molecule has 0 amide bonds. The van der Waals surface area contributed by atoms with Crippen LogP contribution in [-0.4, -0.2) is 16.7 Å². The summed E-state index contributed by atoms with van der Waals surface area (Å²) < 4.78 is 0. The van der Waals surface area contributed by atoms with E-state index in [0.717, 1.165) is 22.4 Å². The van der Waals surface area contributed by atoms with Crippen molar-refractivity contribution in [1.29, 1.82) is 5.41 Å². The molecule has 2 rings (SSSR count). The van der Waals surface area contributed by atoms with Crippen LogP contribution in [0.2, 0.25) is 0 Å². The first-order chi connectivity index (χ1) is 11.7. The SMILES string of the molecule is Cc1ccc(/C(NC(C)(C)C)=C(/C=N)c2ccc([N+](=O)[O-])cc2)cc1. The molecule has 0 spiro atoms. The summed E-state index contributed by atoms with van der Waals surface area (Å²) in [6, 6.07) is 14.4. The Balaban J connectivity index is 2.61. The Morgan fingerprint density at radius 1 is 1.04 bits per heavy atom. The molecule has 25 heavy (non-hydrogen) atoms. The number of hydrogen-bond acceptors (Lipinski definition) is 4. The van der Waals surface area contributed by atoms with Crippen molar-refractivity contribution in [2.45, 2.75) is 33.2 Å². The summed E-state index contributed by atoms with van der Waals surface area (Å²) in [5.41, 5.74) is 4.24. The molecule has 0 aliphatic carbocycles. The molecule has 2 aromatic rings. The number of hydrogen-bond donors (Lipinski definition) is 2. The molecule has 0 fully saturated rings. The van der Waals surface area contributed by atoms with Crippen molar-refractivity contribution in [2.75, 3.05) is 0 Å². The van der Waals surface area contributed by atoms with Crippen LogP contribution in [0.5, 0.6) is 0 Å². The lowest BCUT2D eigenvalue weighted by Gasteiger charge is -2.26. The zero-order valence-corrected chi connectivity index (χ0v) is 15.0. The Hall–Kier alpha value is -2.95. The summed E-state index contributed by atoms with van der Waals surface area (Å²) in [7, 11) is 0. The van der Waals surface area contributed by atoms with Crippen molar-refractivity contribution >= 4 is 23.2 Å². The van der Waals surface area contributed by atoms with Crippen LogP contribution in [0.15, 0.2) is 48.5 Å². The van der Waals surface area contributed by atoms with Crippen LogP contribution in [0, 0.1) is 22.4 Å². The van der Waals surface area contributed by atoms with Gasteiger partial charge in [-0.1, -0.05) is 29.8 Å². The van der Waals surface area contributed by atoms with Crippen molar-refractivity contribution in [3.8, 4) is 0 Å². The Morgan fingerprint density at radius 2 is 1.56 bits per heavy atom. The number of nitro benzene ring substituents is 1. The van der Waals surface area contributed by atoms with Gasteiger partial charge < -0.3 is 10.7 Å². The van der Waals surface area contributed by atoms with E-state index in [1.165, 1.54) is 18.3 Å². The van der Waals surface area contributed by atoms with Gasteiger partial charge in [-0.3, -0.25) is 10.1 Å². The maximum Gasteiger partial charge on any atom is 0.269 e. The average Bonchev–Trinajstić information content (AvgIpc) is 2.55. The first-order valence-electron chi connectivity index (χ1n) is 8.06. The van der Waals surface area contributed by atoms with Crippen LogP contribution in [0.1, 0.15) is 37.5 Å². The number of nitrogens with one attached hydrogen (secondary N) is 2. The quantitative estimate of drug-likeness (QED) is 0.356. The first kappa shape index (κ1) is 18.4. The third-order valence-electron chi connectivity index (χ3n) is 3.64. The van der Waals surface area contributed by atoms with Gasteiger partial charge in [0.05, 0.1) is 10.6 Å². The summed E-state index contributed by atoms with van der Waals surface area (Å²) in [4.78, 5) is 10.4. The zero-order chi connectivity index (χ0) is 18.6. The van der Waals surface area contributed by atoms with Crippen LogP contribution < -0.4 is 5.32 Å². The summed E-state index contributed by atoms with van der Waals surface area (Å²) in [6.07, 6.45) is 1.29. The van der Waals surface area contributed by atoms with E-state index in [4.69, 9.17) is 5.41 Å². The zero-order valence-electron chi connectivity index (χ0n) is 15.0. The Bertz CT molecular complexity index is 798. The predicted molar refractivity (Wildman–Crippen MR) is 103 cm³/mol. The monoisotopic (exact) mass is 337 g/mol. The Kier molecular flexibility index (Phi) is 5.37. The molecule has 0 saturated carbocycles. The van der Waals surface area contributed by atoms with Gasteiger partial charge in [0.15, 0.2) is 0 Å². The fourth-order valence-corrected chi connectivity index (χ4v) is 2.45. The summed E-state index contributed by atoms with van der Waals surface area (Å²) >= 11 is 0. The summed E-state index contributed by atoms with van der Waals surface area (Å²) in [6.45, 7) is 8.19. The van der Waals surface area contributed by atoms with Gasteiger partial charge in [0.1, 0.15) is 0 Å². The van der Waals surface area contributed by atoms with Crippen LogP contribution in [-0.2, 0) is 0 Å². The number of benzene rings is 2. The second-order valence-electron chi connectivity index (χ2n) is 6.98. The molecule has 0 bridgehead atoms. The van der Waals surface area contributed by atoms with E-state index in [0.29, 0.717) is 5.57 Å². The molecule has 0 unspecified atom stereocenters. The van der Waals surface area contributed by atoms with Crippen molar-refractivity contribution in [3.63, 3.8) is 0 Å². The number of nitro groups is 1. The van der Waals surface area contributed by atoms with Crippen molar-refractivity contribution in [1.82, 2.24) is 5.32 Å². The summed E-state index contributed by atoms with van der Waals surface area (Å²) in [5.74, 6) is 0. The highest BCUT2D eigenvalue weighted by Crippen LogP contribution is 2.27. The van der Waals surface area contributed by atoms with Gasteiger partial charge in [0.2, 0.25) is 0 Å². The number of aryl methyl sites for hydroxylation is 1. The molecule has 5 heteroatoms. The number of rotatable bonds is 5. The van der Waals surface area contributed by atoms with Crippen molar-refractivity contribution in [3.05, 3.63) is 75.3 Å². The van der Waals surface area contributed by atoms with Crippen LogP contribution >= 0.6 is 0 Å². The largest absolute Gasteiger partial charge is 0.379 e. The second kappa shape index (κ2) is 7.30. The maximum atomic E-state index is 10.9. The van der Waals surface area contributed by atoms with Crippen LogP contribution in [0.3, 0.4) is 0 Å².